The summed E-state index contributed by atoms with van der Waals surface area (Å²) in [6, 6.07) is 3.87. The Morgan fingerprint density at radius 2 is 2.33 bits per heavy atom. The molecule has 0 aliphatic heterocycles. The lowest BCUT2D eigenvalue weighted by Crippen LogP contribution is -2.38. The van der Waals surface area contributed by atoms with Gasteiger partial charge in [0.15, 0.2) is 0 Å². The number of aliphatic carboxylic acids is 1. The van der Waals surface area contributed by atoms with E-state index >= 15 is 0 Å². The van der Waals surface area contributed by atoms with Gasteiger partial charge in [-0.15, -0.1) is 0 Å². The Labute approximate surface area is 115 Å². The summed E-state index contributed by atoms with van der Waals surface area (Å²) in [7, 11) is 0. The van der Waals surface area contributed by atoms with E-state index in [2.05, 4.69) is 20.9 Å². The molecule has 1 heterocycles. The predicted molar refractivity (Wildman–Crippen MR) is 71.2 cm³/mol. The number of halogens is 1. The number of fused-ring (bicyclic) bond motifs is 2. The van der Waals surface area contributed by atoms with Gasteiger partial charge in [-0.3, -0.25) is 9.78 Å². The molecule has 1 aromatic heterocycles. The zero-order chi connectivity index (χ0) is 12.8. The minimum Gasteiger partial charge on any atom is -0.481 e. The van der Waals surface area contributed by atoms with Crippen molar-refractivity contribution >= 4 is 21.9 Å². The van der Waals surface area contributed by atoms with E-state index in [4.69, 9.17) is 0 Å². The molecule has 2 aliphatic rings. The average molecular weight is 310 g/mol. The van der Waals surface area contributed by atoms with Crippen molar-refractivity contribution in [3.05, 3.63) is 28.5 Å². The van der Waals surface area contributed by atoms with Crippen molar-refractivity contribution in [3.8, 4) is 0 Å². The molecule has 3 rings (SSSR count). The smallest absolute Gasteiger partial charge is 0.310 e. The number of rotatable bonds is 3. The van der Waals surface area contributed by atoms with Crippen LogP contribution in [0.3, 0.4) is 0 Å². The second-order valence-electron chi connectivity index (χ2n) is 5.69. The van der Waals surface area contributed by atoms with E-state index in [1.165, 1.54) is 6.42 Å². The van der Waals surface area contributed by atoms with Gasteiger partial charge in [-0.05, 0) is 59.2 Å². The molecule has 3 nitrogen and oxygen atoms in total. The highest BCUT2D eigenvalue weighted by Gasteiger charge is 2.55. The lowest BCUT2D eigenvalue weighted by molar-refractivity contribution is -0.152. The highest BCUT2D eigenvalue weighted by molar-refractivity contribution is 9.10. The number of hydrogen-bond donors (Lipinski definition) is 1. The van der Waals surface area contributed by atoms with Gasteiger partial charge in [-0.2, -0.15) is 0 Å². The topological polar surface area (TPSA) is 50.2 Å². The first kappa shape index (κ1) is 12.2. The fourth-order valence-corrected chi connectivity index (χ4v) is 4.07. The Balaban J connectivity index is 1.88. The van der Waals surface area contributed by atoms with E-state index in [1.54, 1.807) is 6.20 Å². The van der Waals surface area contributed by atoms with Crippen molar-refractivity contribution in [2.45, 2.75) is 32.1 Å². The lowest BCUT2D eigenvalue weighted by Gasteiger charge is -2.33. The van der Waals surface area contributed by atoms with Crippen molar-refractivity contribution < 1.29 is 9.90 Å². The Morgan fingerprint density at radius 1 is 1.50 bits per heavy atom. The fraction of sp³-hybridized carbons (Fsp3) is 0.571. The monoisotopic (exact) mass is 309 g/mol. The summed E-state index contributed by atoms with van der Waals surface area (Å²) in [5.41, 5.74) is 0.345. The number of carbonyl (C=O) groups is 1. The summed E-state index contributed by atoms with van der Waals surface area (Å²) in [6.07, 6.45) is 6.56. The number of carboxylic acids is 1. The zero-order valence-corrected chi connectivity index (χ0v) is 11.7. The molecule has 0 aromatic carbocycles. The van der Waals surface area contributed by atoms with E-state index in [1.807, 2.05) is 12.1 Å². The van der Waals surface area contributed by atoms with Crippen LogP contribution in [0.4, 0.5) is 0 Å². The van der Waals surface area contributed by atoms with E-state index in [9.17, 15) is 9.90 Å². The van der Waals surface area contributed by atoms with E-state index in [0.717, 1.165) is 29.4 Å². The lowest BCUT2D eigenvalue weighted by atomic mass is 9.70. The van der Waals surface area contributed by atoms with Crippen LogP contribution in [-0.2, 0) is 11.2 Å². The van der Waals surface area contributed by atoms with Crippen LogP contribution in [0, 0.1) is 17.3 Å². The Morgan fingerprint density at radius 3 is 2.83 bits per heavy atom. The highest BCUT2D eigenvalue weighted by Crippen LogP contribution is 2.57. The molecule has 0 amide bonds. The molecule has 0 saturated heterocycles. The number of nitrogens with zero attached hydrogens (tertiary/aromatic N) is 1. The second kappa shape index (κ2) is 4.34. The van der Waals surface area contributed by atoms with Gasteiger partial charge in [0.05, 0.1) is 5.41 Å². The third kappa shape index (κ3) is 1.87. The zero-order valence-electron chi connectivity index (χ0n) is 10.1. The maximum Gasteiger partial charge on any atom is 0.310 e. The Bertz CT molecular complexity index is 473. The van der Waals surface area contributed by atoms with Crippen LogP contribution in [0.15, 0.2) is 22.8 Å². The highest BCUT2D eigenvalue weighted by atomic mass is 79.9. The maximum absolute atomic E-state index is 11.7. The Hall–Kier alpha value is -0.900. The van der Waals surface area contributed by atoms with Crippen LogP contribution in [0.1, 0.15) is 31.4 Å². The summed E-state index contributed by atoms with van der Waals surface area (Å²) < 4.78 is 0.934. The van der Waals surface area contributed by atoms with Crippen LogP contribution < -0.4 is 0 Å². The molecule has 2 saturated carbocycles. The van der Waals surface area contributed by atoms with Crippen LogP contribution in [0.5, 0.6) is 0 Å². The van der Waals surface area contributed by atoms with Gasteiger partial charge in [-0.25, -0.2) is 0 Å². The quantitative estimate of drug-likeness (QED) is 0.932. The molecule has 2 bridgehead atoms. The first-order valence-corrected chi connectivity index (χ1v) is 7.23. The number of pyridine rings is 1. The molecule has 1 N–H and O–H groups in total. The molecular weight excluding hydrogens is 294 g/mol. The molecule has 4 heteroatoms. The van der Waals surface area contributed by atoms with Gasteiger partial charge in [-0.1, -0.05) is 6.42 Å². The first-order chi connectivity index (χ1) is 8.60. The summed E-state index contributed by atoms with van der Waals surface area (Å²) in [4.78, 5) is 16.1. The van der Waals surface area contributed by atoms with Crippen LogP contribution in [-0.4, -0.2) is 16.1 Å². The second-order valence-corrected chi connectivity index (χ2v) is 6.60. The normalized spacial score (nSPS) is 33.8. The maximum atomic E-state index is 11.7. The van der Waals surface area contributed by atoms with Gasteiger partial charge in [0.2, 0.25) is 0 Å². The molecule has 0 radical (unpaired) electrons. The molecule has 18 heavy (non-hydrogen) atoms. The molecule has 2 fully saturated rings. The molecule has 3 atom stereocenters. The predicted octanol–water partition coefficient (Wildman–Crippen LogP) is 3.28. The minimum absolute atomic E-state index is 0.352. The summed E-state index contributed by atoms with van der Waals surface area (Å²) in [5.74, 6) is 0.353. The van der Waals surface area contributed by atoms with Gasteiger partial charge in [0.25, 0.3) is 0 Å². The molecular formula is C14H16BrNO2. The number of carboxylic acid groups (broad SMARTS) is 1. The van der Waals surface area contributed by atoms with Crippen molar-refractivity contribution in [1.82, 2.24) is 4.98 Å². The molecule has 0 spiro atoms. The van der Waals surface area contributed by atoms with Gasteiger partial charge >= 0.3 is 5.97 Å². The molecule has 1 aromatic rings. The summed E-state index contributed by atoms with van der Waals surface area (Å²) in [5, 5.41) is 9.66. The van der Waals surface area contributed by atoms with Crippen molar-refractivity contribution in [3.63, 3.8) is 0 Å². The molecule has 3 unspecified atom stereocenters. The van der Waals surface area contributed by atoms with Crippen molar-refractivity contribution in [1.29, 1.82) is 0 Å². The van der Waals surface area contributed by atoms with E-state index in [0.29, 0.717) is 18.3 Å². The van der Waals surface area contributed by atoms with Crippen molar-refractivity contribution in [2.75, 3.05) is 0 Å². The van der Waals surface area contributed by atoms with Crippen LogP contribution in [0.2, 0.25) is 0 Å². The Kier molecular flexibility index (Phi) is 2.93. The SMILES string of the molecule is O=C(O)C1(Cc2ccc(Br)cn2)CC2CCC1C2. The van der Waals surface area contributed by atoms with E-state index < -0.39 is 11.4 Å². The molecule has 2 aliphatic carbocycles. The van der Waals surface area contributed by atoms with Crippen LogP contribution in [0.25, 0.3) is 0 Å². The van der Waals surface area contributed by atoms with E-state index in [-0.39, 0.29) is 0 Å². The van der Waals surface area contributed by atoms with Crippen LogP contribution >= 0.6 is 15.9 Å². The summed E-state index contributed by atoms with van der Waals surface area (Å²) in [6.45, 7) is 0. The number of aromatic nitrogens is 1. The molecule has 96 valence electrons. The first-order valence-electron chi connectivity index (χ1n) is 6.44. The number of hydrogen-bond acceptors (Lipinski definition) is 2. The third-order valence-electron chi connectivity index (χ3n) is 4.69. The average Bonchev–Trinajstić information content (AvgIpc) is 2.93. The van der Waals surface area contributed by atoms with Gasteiger partial charge in [0, 0.05) is 22.8 Å². The minimum atomic E-state index is -0.626. The standard InChI is InChI=1S/C14H16BrNO2/c15-11-3-4-12(16-8-11)7-14(13(17)18)6-9-1-2-10(14)5-9/h3-4,8-10H,1-2,5-7H2,(H,17,18). The summed E-state index contributed by atoms with van der Waals surface area (Å²) >= 11 is 3.35. The fourth-order valence-electron chi connectivity index (χ4n) is 3.83. The largest absolute Gasteiger partial charge is 0.481 e. The third-order valence-corrected chi connectivity index (χ3v) is 5.16. The van der Waals surface area contributed by atoms with Gasteiger partial charge in [0.1, 0.15) is 0 Å². The van der Waals surface area contributed by atoms with Gasteiger partial charge < -0.3 is 5.11 Å². The van der Waals surface area contributed by atoms with Crippen molar-refractivity contribution in [2.24, 2.45) is 17.3 Å².